The normalized spacial score (nSPS) is 46.4. The fraction of sp³-hybridized carbons (Fsp3) is 0.929. The highest BCUT2D eigenvalue weighted by Gasteiger charge is 2.76. The number of urea groups is 1. The average molecular weight is 326 g/mol. The molecule has 1 N–H and O–H groups in total. The third-order valence-corrected chi connectivity index (χ3v) is 8.44. The van der Waals surface area contributed by atoms with Crippen molar-refractivity contribution in [3.05, 3.63) is 0 Å². The largest absolute Gasteiger partial charge is 0.320 e. The molecule has 3 saturated carbocycles. The molecule has 1 atom stereocenters. The molecule has 6 rings (SSSR count). The first kappa shape index (κ1) is 13.6. The summed E-state index contributed by atoms with van der Waals surface area (Å²) in [5, 5.41) is 3.35. The number of nitrogens with one attached hydrogen (secondary N) is 1. The average Bonchev–Trinajstić information content (AvgIpc) is 2.90. The van der Waals surface area contributed by atoms with Gasteiger partial charge in [-0.3, -0.25) is 0 Å². The number of hydrogen-bond acceptors (Lipinski definition) is 4. The predicted molar refractivity (Wildman–Crippen MR) is 79.9 cm³/mol. The van der Waals surface area contributed by atoms with Crippen LogP contribution in [-0.2, 0) is 10.0 Å². The van der Waals surface area contributed by atoms with E-state index in [-0.39, 0.29) is 17.1 Å². The van der Waals surface area contributed by atoms with E-state index in [1.54, 1.807) is 4.31 Å². The second-order valence-corrected chi connectivity index (χ2v) is 9.68. The Kier molecular flexibility index (Phi) is 2.44. The summed E-state index contributed by atoms with van der Waals surface area (Å²) < 4.78 is 26.0. The molecule has 8 heteroatoms. The summed E-state index contributed by atoms with van der Waals surface area (Å²) in [5.74, 6) is 0.298. The zero-order valence-electron chi connectivity index (χ0n) is 12.6. The molecule has 7 nitrogen and oxygen atoms in total. The first-order valence-electron chi connectivity index (χ1n) is 8.25. The van der Waals surface area contributed by atoms with Gasteiger partial charge in [0, 0.05) is 38.3 Å². The number of carbonyl (C=O) groups excluding carboxylic acids is 1. The van der Waals surface area contributed by atoms with Crippen LogP contribution < -0.4 is 5.32 Å². The van der Waals surface area contributed by atoms with E-state index in [2.05, 4.69) is 10.2 Å². The van der Waals surface area contributed by atoms with Crippen molar-refractivity contribution in [1.82, 2.24) is 19.4 Å². The molecule has 22 heavy (non-hydrogen) atoms. The molecular formula is C14H22N4O3S. The van der Waals surface area contributed by atoms with Crippen LogP contribution in [-0.4, -0.2) is 84.2 Å². The van der Waals surface area contributed by atoms with Crippen LogP contribution in [0.5, 0.6) is 0 Å². The molecule has 0 aromatic rings. The zero-order chi connectivity index (χ0) is 15.2. The van der Waals surface area contributed by atoms with Gasteiger partial charge in [-0.1, -0.05) is 0 Å². The summed E-state index contributed by atoms with van der Waals surface area (Å²) in [6.07, 6.45) is 3.29. The standard InChI is InChI=1S/C14H22N4O3S/c19-12-16-4-2-15-6-11(16)7-17(12)13-8-14(9-13,10-13)18-3-1-5-22(18,20)21/h11,15H,1-10H2/t11-,13?,14?/m0/s1. The number of fused-ring (bicyclic) bond motifs is 1. The summed E-state index contributed by atoms with van der Waals surface area (Å²) in [5.41, 5.74) is -0.205. The number of carbonyl (C=O) groups is 1. The van der Waals surface area contributed by atoms with Crippen molar-refractivity contribution in [3.8, 4) is 0 Å². The van der Waals surface area contributed by atoms with Gasteiger partial charge in [0.1, 0.15) is 0 Å². The van der Waals surface area contributed by atoms with Gasteiger partial charge in [0.05, 0.1) is 17.3 Å². The third-order valence-electron chi connectivity index (χ3n) is 6.40. The molecule has 122 valence electrons. The van der Waals surface area contributed by atoms with Crippen LogP contribution in [0.15, 0.2) is 0 Å². The molecule has 3 aliphatic heterocycles. The lowest BCUT2D eigenvalue weighted by molar-refractivity contribution is -0.188. The van der Waals surface area contributed by atoms with Gasteiger partial charge in [0.2, 0.25) is 10.0 Å². The van der Waals surface area contributed by atoms with E-state index < -0.39 is 10.0 Å². The SMILES string of the molecule is O=C1N2CCNC[C@H]2CN1C12CC(N3CCCS3(=O)=O)(C1)C2. The zero-order valence-corrected chi connectivity index (χ0v) is 13.4. The van der Waals surface area contributed by atoms with Crippen molar-refractivity contribution in [2.24, 2.45) is 0 Å². The van der Waals surface area contributed by atoms with Gasteiger partial charge in [-0.25, -0.2) is 13.2 Å². The molecule has 2 amide bonds. The maximum atomic E-state index is 12.6. The maximum absolute atomic E-state index is 12.6. The highest BCUT2D eigenvalue weighted by Crippen LogP contribution is 2.68. The first-order chi connectivity index (χ1) is 10.5. The number of piperazine rings is 1. The Balaban J connectivity index is 1.33. The van der Waals surface area contributed by atoms with Crippen molar-refractivity contribution in [2.75, 3.05) is 38.5 Å². The summed E-state index contributed by atoms with van der Waals surface area (Å²) in [6.45, 7) is 4.02. The topological polar surface area (TPSA) is 73.0 Å². The molecule has 6 fully saturated rings. The Bertz CT molecular complexity index is 629. The summed E-state index contributed by atoms with van der Waals surface area (Å²) in [4.78, 5) is 16.7. The van der Waals surface area contributed by atoms with E-state index in [0.29, 0.717) is 18.3 Å². The summed E-state index contributed by atoms with van der Waals surface area (Å²) in [7, 11) is -3.04. The molecule has 0 aromatic carbocycles. The second kappa shape index (κ2) is 3.96. The Morgan fingerprint density at radius 1 is 1.14 bits per heavy atom. The number of rotatable bonds is 2. The lowest BCUT2D eigenvalue weighted by atomic mass is 9.43. The maximum Gasteiger partial charge on any atom is 0.320 e. The Morgan fingerprint density at radius 3 is 2.55 bits per heavy atom. The van der Waals surface area contributed by atoms with Gasteiger partial charge in [-0.05, 0) is 25.7 Å². The van der Waals surface area contributed by atoms with E-state index in [9.17, 15) is 13.2 Å². The lowest BCUT2D eigenvalue weighted by Gasteiger charge is -2.74. The third kappa shape index (κ3) is 1.48. The van der Waals surface area contributed by atoms with E-state index in [4.69, 9.17) is 0 Å². The van der Waals surface area contributed by atoms with E-state index in [0.717, 1.165) is 51.9 Å². The fourth-order valence-corrected chi connectivity index (χ4v) is 7.33. The van der Waals surface area contributed by atoms with Gasteiger partial charge in [0.25, 0.3) is 0 Å². The van der Waals surface area contributed by atoms with Crippen LogP contribution in [0.25, 0.3) is 0 Å². The minimum atomic E-state index is -3.04. The fourth-order valence-electron chi connectivity index (χ4n) is 5.42. The molecule has 0 spiro atoms. The molecule has 0 aromatic heterocycles. The molecule has 3 saturated heterocycles. The van der Waals surface area contributed by atoms with E-state index >= 15 is 0 Å². The van der Waals surface area contributed by atoms with Crippen LogP contribution in [0.3, 0.4) is 0 Å². The minimum absolute atomic E-state index is 0.0491. The van der Waals surface area contributed by atoms with Crippen molar-refractivity contribution in [3.63, 3.8) is 0 Å². The smallest absolute Gasteiger partial charge is 0.317 e. The monoisotopic (exact) mass is 326 g/mol. The van der Waals surface area contributed by atoms with Crippen LogP contribution in [0.2, 0.25) is 0 Å². The quantitative estimate of drug-likeness (QED) is 0.736. The Hall–Kier alpha value is -0.860. The summed E-state index contributed by atoms with van der Waals surface area (Å²) >= 11 is 0. The van der Waals surface area contributed by atoms with Crippen molar-refractivity contribution in [1.29, 1.82) is 0 Å². The number of amides is 2. The molecule has 0 unspecified atom stereocenters. The first-order valence-corrected chi connectivity index (χ1v) is 9.86. The van der Waals surface area contributed by atoms with Crippen molar-refractivity contribution >= 4 is 16.1 Å². The predicted octanol–water partition coefficient (Wildman–Crippen LogP) is -0.594. The molecule has 6 aliphatic rings. The van der Waals surface area contributed by atoms with Gasteiger partial charge in [-0.15, -0.1) is 0 Å². The number of sulfonamides is 1. The van der Waals surface area contributed by atoms with Crippen LogP contribution in [0, 0.1) is 0 Å². The van der Waals surface area contributed by atoms with Gasteiger partial charge in [0.15, 0.2) is 0 Å². The van der Waals surface area contributed by atoms with E-state index in [1.807, 2.05) is 4.90 Å². The minimum Gasteiger partial charge on any atom is -0.317 e. The molecule has 3 heterocycles. The highest BCUT2D eigenvalue weighted by atomic mass is 32.2. The highest BCUT2D eigenvalue weighted by molar-refractivity contribution is 7.89. The Labute approximate surface area is 130 Å². The molecule has 3 aliphatic carbocycles. The molecular weight excluding hydrogens is 304 g/mol. The van der Waals surface area contributed by atoms with Crippen molar-refractivity contribution in [2.45, 2.75) is 42.8 Å². The molecule has 0 radical (unpaired) electrons. The second-order valence-electron chi connectivity index (χ2n) is 7.67. The molecule has 2 bridgehead atoms. The van der Waals surface area contributed by atoms with Gasteiger partial charge in [-0.2, -0.15) is 4.31 Å². The number of hydrogen-bond donors (Lipinski definition) is 1. The lowest BCUT2D eigenvalue weighted by Crippen LogP contribution is -2.83. The van der Waals surface area contributed by atoms with Crippen LogP contribution in [0.4, 0.5) is 4.79 Å². The van der Waals surface area contributed by atoms with Crippen LogP contribution >= 0.6 is 0 Å². The Morgan fingerprint density at radius 2 is 1.91 bits per heavy atom. The van der Waals surface area contributed by atoms with Crippen LogP contribution in [0.1, 0.15) is 25.7 Å². The van der Waals surface area contributed by atoms with Gasteiger partial charge >= 0.3 is 6.03 Å². The summed E-state index contributed by atoms with van der Waals surface area (Å²) in [6, 6.07) is 0.464. The van der Waals surface area contributed by atoms with Gasteiger partial charge < -0.3 is 15.1 Å². The van der Waals surface area contributed by atoms with Crippen molar-refractivity contribution < 1.29 is 13.2 Å². The number of nitrogens with zero attached hydrogens (tertiary/aromatic N) is 3. The van der Waals surface area contributed by atoms with E-state index in [1.165, 1.54) is 0 Å².